The Bertz CT molecular complexity index is 1340. The molecule has 1 N–H and O–H groups in total. The number of sulfonamides is 1. The van der Waals surface area contributed by atoms with E-state index in [0.29, 0.717) is 22.5 Å². The van der Waals surface area contributed by atoms with Gasteiger partial charge in [-0.1, -0.05) is 29.8 Å². The second-order valence-corrected chi connectivity index (χ2v) is 10.8. The van der Waals surface area contributed by atoms with Crippen LogP contribution in [0.25, 0.3) is 0 Å². The Morgan fingerprint density at radius 2 is 1.51 bits per heavy atom. The van der Waals surface area contributed by atoms with Crippen molar-refractivity contribution in [3.05, 3.63) is 89.0 Å². The van der Waals surface area contributed by atoms with E-state index in [4.69, 9.17) is 0 Å². The number of carbonyl (C=O) groups is 2. The van der Waals surface area contributed by atoms with Crippen molar-refractivity contribution in [3.8, 4) is 0 Å². The molecule has 8 heteroatoms. The van der Waals surface area contributed by atoms with Gasteiger partial charge in [0.05, 0.1) is 21.8 Å². The summed E-state index contributed by atoms with van der Waals surface area (Å²) in [4.78, 5) is 28.1. The highest BCUT2D eigenvalue weighted by molar-refractivity contribution is 7.92. The van der Waals surface area contributed by atoms with Crippen LogP contribution in [0.2, 0.25) is 0 Å². The predicted octanol–water partition coefficient (Wildman–Crippen LogP) is 4.62. The fourth-order valence-corrected chi connectivity index (χ4v) is 5.35. The molecule has 0 atom stereocenters. The number of nitrogens with one attached hydrogen (secondary N) is 1. The molecular formula is C27H29N3O4S. The zero-order valence-electron chi connectivity index (χ0n) is 20.1. The van der Waals surface area contributed by atoms with Gasteiger partial charge in [0.25, 0.3) is 21.8 Å². The smallest absolute Gasteiger partial charge is 0.264 e. The molecular weight excluding hydrogens is 462 g/mol. The van der Waals surface area contributed by atoms with Crippen molar-refractivity contribution in [1.29, 1.82) is 0 Å². The van der Waals surface area contributed by atoms with Gasteiger partial charge < -0.3 is 10.2 Å². The third-order valence-electron chi connectivity index (χ3n) is 6.30. The van der Waals surface area contributed by atoms with Crippen LogP contribution in [-0.4, -0.2) is 45.3 Å². The number of benzene rings is 3. The molecule has 35 heavy (non-hydrogen) atoms. The highest BCUT2D eigenvalue weighted by Crippen LogP contribution is 2.26. The van der Waals surface area contributed by atoms with Gasteiger partial charge in [-0.2, -0.15) is 0 Å². The summed E-state index contributed by atoms with van der Waals surface area (Å²) in [6, 6.07) is 18.4. The summed E-state index contributed by atoms with van der Waals surface area (Å²) in [5, 5.41) is 2.86. The number of aryl methyl sites for hydroxylation is 2. The Hall–Kier alpha value is -3.65. The molecule has 3 aromatic carbocycles. The number of carbonyl (C=O) groups excluding carboxylic acids is 2. The summed E-state index contributed by atoms with van der Waals surface area (Å²) < 4.78 is 27.1. The Morgan fingerprint density at radius 3 is 2.14 bits per heavy atom. The van der Waals surface area contributed by atoms with Crippen molar-refractivity contribution in [2.45, 2.75) is 31.6 Å². The Balaban J connectivity index is 1.53. The number of anilines is 2. The average molecular weight is 492 g/mol. The molecule has 2 amide bonds. The molecule has 0 aliphatic carbocycles. The van der Waals surface area contributed by atoms with Gasteiger partial charge in [-0.3, -0.25) is 13.9 Å². The molecule has 0 bridgehead atoms. The topological polar surface area (TPSA) is 86.8 Å². The van der Waals surface area contributed by atoms with E-state index >= 15 is 0 Å². The lowest BCUT2D eigenvalue weighted by Gasteiger charge is -2.20. The first kappa shape index (κ1) is 24.5. The second kappa shape index (κ2) is 9.92. The molecule has 1 saturated heterocycles. The van der Waals surface area contributed by atoms with Crippen LogP contribution in [0.4, 0.5) is 11.4 Å². The number of hydrogen-bond donors (Lipinski definition) is 1. The molecule has 4 rings (SSSR count). The van der Waals surface area contributed by atoms with Gasteiger partial charge in [-0.25, -0.2) is 8.42 Å². The van der Waals surface area contributed by atoms with Crippen LogP contribution in [0.5, 0.6) is 0 Å². The predicted molar refractivity (Wildman–Crippen MR) is 137 cm³/mol. The molecule has 0 saturated carbocycles. The van der Waals surface area contributed by atoms with Gasteiger partial charge in [-0.15, -0.1) is 0 Å². The molecule has 7 nitrogen and oxygen atoms in total. The van der Waals surface area contributed by atoms with Crippen molar-refractivity contribution in [2.24, 2.45) is 0 Å². The molecule has 1 aliphatic heterocycles. The van der Waals surface area contributed by atoms with E-state index in [-0.39, 0.29) is 16.7 Å². The zero-order chi connectivity index (χ0) is 25.2. The van der Waals surface area contributed by atoms with Crippen molar-refractivity contribution in [3.63, 3.8) is 0 Å². The Labute approximate surface area is 206 Å². The third kappa shape index (κ3) is 5.07. The van der Waals surface area contributed by atoms with Crippen LogP contribution in [-0.2, 0) is 10.0 Å². The standard InChI is InChI=1S/C27H29N3O4S/c1-19-9-15-23(16-10-19)35(33,34)29(3)22-13-11-21(12-14-22)26(31)28-24-8-6-7-20(2)25(24)27(32)30-17-4-5-18-30/h6-16H,4-5,17-18H2,1-3H3,(H,28,31). The van der Waals surface area contributed by atoms with Crippen LogP contribution in [0.1, 0.15) is 44.7 Å². The molecule has 3 aromatic rings. The van der Waals surface area contributed by atoms with Crippen LogP contribution < -0.4 is 9.62 Å². The summed E-state index contributed by atoms with van der Waals surface area (Å²) >= 11 is 0. The summed E-state index contributed by atoms with van der Waals surface area (Å²) in [5.74, 6) is -0.448. The van der Waals surface area contributed by atoms with E-state index in [2.05, 4.69) is 5.32 Å². The lowest BCUT2D eigenvalue weighted by atomic mass is 10.0. The maximum atomic E-state index is 13.1. The highest BCUT2D eigenvalue weighted by Gasteiger charge is 2.25. The van der Waals surface area contributed by atoms with Crippen molar-refractivity contribution < 1.29 is 18.0 Å². The molecule has 0 unspecified atom stereocenters. The second-order valence-electron chi connectivity index (χ2n) is 8.78. The summed E-state index contributed by atoms with van der Waals surface area (Å²) in [6.07, 6.45) is 1.97. The van der Waals surface area contributed by atoms with Crippen molar-refractivity contribution >= 4 is 33.2 Å². The van der Waals surface area contributed by atoms with Crippen molar-refractivity contribution in [1.82, 2.24) is 4.90 Å². The van der Waals surface area contributed by atoms with Crippen molar-refractivity contribution in [2.75, 3.05) is 29.8 Å². The Kier molecular flexibility index (Phi) is 6.93. The summed E-state index contributed by atoms with van der Waals surface area (Å²) in [6.45, 7) is 5.20. The van der Waals surface area contributed by atoms with Gasteiger partial charge in [0.15, 0.2) is 0 Å². The number of nitrogens with zero attached hydrogens (tertiary/aromatic N) is 2. The lowest BCUT2D eigenvalue weighted by Crippen LogP contribution is -2.29. The number of likely N-dealkylation sites (tertiary alicyclic amines) is 1. The first-order chi connectivity index (χ1) is 16.7. The maximum absolute atomic E-state index is 13.1. The molecule has 0 aromatic heterocycles. The molecule has 1 fully saturated rings. The highest BCUT2D eigenvalue weighted by atomic mass is 32.2. The largest absolute Gasteiger partial charge is 0.339 e. The van der Waals surface area contributed by atoms with E-state index < -0.39 is 10.0 Å². The van der Waals surface area contributed by atoms with Gasteiger partial charge in [0, 0.05) is 25.7 Å². The molecule has 0 radical (unpaired) electrons. The van der Waals surface area contributed by atoms with Crippen LogP contribution in [0.15, 0.2) is 71.6 Å². The monoisotopic (exact) mass is 491 g/mol. The Morgan fingerprint density at radius 1 is 0.886 bits per heavy atom. The number of rotatable bonds is 6. The van der Waals surface area contributed by atoms with E-state index in [1.54, 1.807) is 60.7 Å². The minimum absolute atomic E-state index is 0.0748. The van der Waals surface area contributed by atoms with Gasteiger partial charge >= 0.3 is 0 Å². The average Bonchev–Trinajstić information content (AvgIpc) is 3.39. The third-order valence-corrected chi connectivity index (χ3v) is 8.10. The van der Waals surface area contributed by atoms with E-state index in [1.807, 2.05) is 24.8 Å². The first-order valence-electron chi connectivity index (χ1n) is 11.5. The summed E-state index contributed by atoms with van der Waals surface area (Å²) in [7, 11) is -2.25. The van der Waals surface area contributed by atoms with Gasteiger partial charge in [0.2, 0.25) is 0 Å². The number of amides is 2. The molecule has 1 heterocycles. The molecule has 1 aliphatic rings. The zero-order valence-corrected chi connectivity index (χ0v) is 20.9. The van der Waals surface area contributed by atoms with Gasteiger partial charge in [0.1, 0.15) is 0 Å². The molecule has 0 spiro atoms. The van der Waals surface area contributed by atoms with E-state index in [9.17, 15) is 18.0 Å². The first-order valence-corrected chi connectivity index (χ1v) is 13.0. The fraction of sp³-hybridized carbons (Fsp3) is 0.259. The SMILES string of the molecule is Cc1ccc(S(=O)(=O)N(C)c2ccc(C(=O)Nc3cccc(C)c3C(=O)N3CCCC3)cc2)cc1. The minimum Gasteiger partial charge on any atom is -0.339 e. The van der Waals surface area contributed by atoms with Crippen LogP contribution in [0, 0.1) is 13.8 Å². The van der Waals surface area contributed by atoms with Crippen LogP contribution >= 0.6 is 0 Å². The van der Waals surface area contributed by atoms with E-state index in [0.717, 1.165) is 37.1 Å². The van der Waals surface area contributed by atoms with Gasteiger partial charge in [-0.05, 0) is 74.7 Å². The lowest BCUT2D eigenvalue weighted by molar-refractivity contribution is 0.0793. The van der Waals surface area contributed by atoms with Crippen LogP contribution in [0.3, 0.4) is 0 Å². The quantitative estimate of drug-likeness (QED) is 0.545. The molecule has 182 valence electrons. The van der Waals surface area contributed by atoms with E-state index in [1.165, 1.54) is 11.4 Å². The minimum atomic E-state index is -3.73. The number of hydrogen-bond acceptors (Lipinski definition) is 4. The summed E-state index contributed by atoms with van der Waals surface area (Å²) in [5.41, 5.74) is 3.54. The fourth-order valence-electron chi connectivity index (χ4n) is 4.16. The normalized spacial score (nSPS) is 13.5. The maximum Gasteiger partial charge on any atom is 0.264 e.